The fourth-order valence-corrected chi connectivity index (χ4v) is 3.04. The largest absolute Gasteiger partial charge is 0.328 e. The molecule has 3 N–H and O–H groups in total. The van der Waals surface area contributed by atoms with Crippen molar-refractivity contribution in [3.63, 3.8) is 0 Å². The summed E-state index contributed by atoms with van der Waals surface area (Å²) < 4.78 is 0.708. The first-order chi connectivity index (χ1) is 8.72. The van der Waals surface area contributed by atoms with Crippen molar-refractivity contribution >= 4 is 21.6 Å². The zero-order chi connectivity index (χ0) is 12.5. The summed E-state index contributed by atoms with van der Waals surface area (Å²) >= 11 is 1.43. The van der Waals surface area contributed by atoms with Crippen LogP contribution >= 0.6 is 11.3 Å². The van der Waals surface area contributed by atoms with Crippen LogP contribution in [0.5, 0.6) is 0 Å². The highest BCUT2D eigenvalue weighted by Gasteiger charge is 2.17. The number of hydrogen-bond acceptors (Lipinski definition) is 5. The van der Waals surface area contributed by atoms with Gasteiger partial charge in [-0.1, -0.05) is 0 Å². The topological polar surface area (TPSA) is 75.0 Å². The minimum atomic E-state index is -0.0290. The molecule has 96 valence electrons. The van der Waals surface area contributed by atoms with Gasteiger partial charge in [0.15, 0.2) is 0 Å². The van der Waals surface area contributed by atoms with Crippen LogP contribution in [0.2, 0.25) is 0 Å². The maximum Gasteiger partial charge on any atom is 0.268 e. The molecule has 6 heteroatoms. The molecule has 1 fully saturated rings. The minimum absolute atomic E-state index is 0.0290. The lowest BCUT2D eigenvalue weighted by molar-refractivity contribution is 0.201. The number of H-pyrrole nitrogens is 1. The maximum absolute atomic E-state index is 11.8. The smallest absolute Gasteiger partial charge is 0.268 e. The van der Waals surface area contributed by atoms with Crippen molar-refractivity contribution in [2.24, 2.45) is 5.73 Å². The van der Waals surface area contributed by atoms with Gasteiger partial charge < -0.3 is 10.7 Å². The van der Waals surface area contributed by atoms with E-state index in [0.29, 0.717) is 17.3 Å². The van der Waals surface area contributed by atoms with Crippen LogP contribution in [0.1, 0.15) is 18.7 Å². The maximum atomic E-state index is 11.8. The van der Waals surface area contributed by atoms with Gasteiger partial charge in [0.2, 0.25) is 0 Å². The Bertz CT molecular complexity index is 597. The number of rotatable bonds is 2. The summed E-state index contributed by atoms with van der Waals surface area (Å²) in [5, 5.41) is 1.90. The van der Waals surface area contributed by atoms with Gasteiger partial charge in [-0.05, 0) is 24.3 Å². The van der Waals surface area contributed by atoms with E-state index >= 15 is 0 Å². The summed E-state index contributed by atoms with van der Waals surface area (Å²) in [6, 6.07) is 2.22. The highest BCUT2D eigenvalue weighted by atomic mass is 32.1. The second kappa shape index (κ2) is 4.79. The van der Waals surface area contributed by atoms with Crippen molar-refractivity contribution in [2.45, 2.75) is 25.4 Å². The van der Waals surface area contributed by atoms with E-state index < -0.39 is 0 Å². The third-order valence-corrected chi connectivity index (χ3v) is 4.27. The summed E-state index contributed by atoms with van der Waals surface area (Å²) in [5.41, 5.74) is 6.65. The fourth-order valence-electron chi connectivity index (χ4n) is 2.32. The Morgan fingerprint density at radius 1 is 1.50 bits per heavy atom. The SMILES string of the molecule is NC1CCN(Cc2nc3ccsc3c(=O)[nH]2)CC1. The first-order valence-electron chi connectivity index (χ1n) is 6.17. The molecule has 1 aliphatic rings. The number of nitrogens with one attached hydrogen (secondary N) is 1. The van der Waals surface area contributed by atoms with Crippen molar-refractivity contribution < 1.29 is 0 Å². The number of aromatic nitrogens is 2. The molecule has 18 heavy (non-hydrogen) atoms. The molecule has 0 saturated carbocycles. The van der Waals surface area contributed by atoms with Gasteiger partial charge >= 0.3 is 0 Å². The number of hydrogen-bond donors (Lipinski definition) is 2. The van der Waals surface area contributed by atoms with E-state index in [4.69, 9.17) is 5.73 Å². The Balaban J connectivity index is 1.80. The van der Waals surface area contributed by atoms with Gasteiger partial charge in [0.1, 0.15) is 10.5 Å². The second-order valence-electron chi connectivity index (χ2n) is 4.76. The van der Waals surface area contributed by atoms with E-state index in [-0.39, 0.29) is 5.56 Å². The van der Waals surface area contributed by atoms with Crippen LogP contribution in [0.4, 0.5) is 0 Å². The predicted molar refractivity (Wildman–Crippen MR) is 72.7 cm³/mol. The van der Waals surface area contributed by atoms with E-state index in [1.807, 2.05) is 11.4 Å². The molecule has 1 saturated heterocycles. The molecular weight excluding hydrogens is 248 g/mol. The Labute approximate surface area is 109 Å². The molecule has 0 atom stereocenters. The van der Waals surface area contributed by atoms with Crippen LogP contribution in [-0.4, -0.2) is 34.0 Å². The summed E-state index contributed by atoms with van der Waals surface area (Å²) in [4.78, 5) is 21.5. The molecular formula is C12H16N4OS. The van der Waals surface area contributed by atoms with Crippen molar-refractivity contribution in [3.8, 4) is 0 Å². The Morgan fingerprint density at radius 2 is 2.28 bits per heavy atom. The van der Waals surface area contributed by atoms with Gasteiger partial charge in [0, 0.05) is 19.1 Å². The third kappa shape index (κ3) is 2.31. The summed E-state index contributed by atoms with van der Waals surface area (Å²) in [6.45, 7) is 2.66. The number of likely N-dealkylation sites (tertiary alicyclic amines) is 1. The molecule has 0 bridgehead atoms. The molecule has 0 aliphatic carbocycles. The second-order valence-corrected chi connectivity index (χ2v) is 5.68. The van der Waals surface area contributed by atoms with E-state index in [9.17, 15) is 4.79 Å². The van der Waals surface area contributed by atoms with Gasteiger partial charge in [0.25, 0.3) is 5.56 Å². The molecule has 0 spiro atoms. The molecule has 0 radical (unpaired) electrons. The summed E-state index contributed by atoms with van der Waals surface area (Å²) in [6.07, 6.45) is 2.04. The van der Waals surface area contributed by atoms with E-state index in [0.717, 1.165) is 37.3 Å². The van der Waals surface area contributed by atoms with Crippen molar-refractivity contribution in [1.29, 1.82) is 0 Å². The average molecular weight is 264 g/mol. The van der Waals surface area contributed by atoms with Crippen LogP contribution in [0.3, 0.4) is 0 Å². The zero-order valence-electron chi connectivity index (χ0n) is 10.1. The van der Waals surface area contributed by atoms with Gasteiger partial charge in [-0.25, -0.2) is 4.98 Å². The van der Waals surface area contributed by atoms with Gasteiger partial charge in [0.05, 0.1) is 12.1 Å². The Hall–Kier alpha value is -1.24. The number of fused-ring (bicyclic) bond motifs is 1. The number of thiophene rings is 1. The average Bonchev–Trinajstić information content (AvgIpc) is 2.81. The molecule has 5 nitrogen and oxygen atoms in total. The highest BCUT2D eigenvalue weighted by molar-refractivity contribution is 7.17. The van der Waals surface area contributed by atoms with Crippen LogP contribution in [0, 0.1) is 0 Å². The number of nitrogens with zero attached hydrogens (tertiary/aromatic N) is 2. The van der Waals surface area contributed by atoms with Crippen LogP contribution in [0.15, 0.2) is 16.2 Å². The first kappa shape index (κ1) is 11.8. The lowest BCUT2D eigenvalue weighted by atomic mass is 10.1. The quantitative estimate of drug-likeness (QED) is 0.845. The normalized spacial score (nSPS) is 18.5. The van der Waals surface area contributed by atoms with Gasteiger partial charge in [-0.15, -0.1) is 11.3 Å². The lowest BCUT2D eigenvalue weighted by Gasteiger charge is -2.29. The summed E-state index contributed by atoms with van der Waals surface area (Å²) in [5.74, 6) is 0.751. The fraction of sp³-hybridized carbons (Fsp3) is 0.500. The Morgan fingerprint density at radius 3 is 3.06 bits per heavy atom. The number of piperidine rings is 1. The molecule has 2 aromatic heterocycles. The van der Waals surface area contributed by atoms with E-state index in [2.05, 4.69) is 14.9 Å². The molecule has 3 heterocycles. The summed E-state index contributed by atoms with van der Waals surface area (Å²) in [7, 11) is 0. The highest BCUT2D eigenvalue weighted by Crippen LogP contribution is 2.15. The van der Waals surface area contributed by atoms with Gasteiger partial charge in [-0.2, -0.15) is 0 Å². The van der Waals surface area contributed by atoms with Crippen LogP contribution < -0.4 is 11.3 Å². The van der Waals surface area contributed by atoms with Gasteiger partial charge in [-0.3, -0.25) is 9.69 Å². The molecule has 2 aromatic rings. The van der Waals surface area contributed by atoms with Crippen molar-refractivity contribution in [1.82, 2.24) is 14.9 Å². The van der Waals surface area contributed by atoms with E-state index in [1.54, 1.807) is 0 Å². The standard InChI is InChI=1S/C12H16N4OS/c13-8-1-4-16(5-2-8)7-10-14-9-3-6-18-11(9)12(17)15-10/h3,6,8H,1-2,4-5,7,13H2,(H,14,15,17). The zero-order valence-corrected chi connectivity index (χ0v) is 10.9. The molecule has 0 unspecified atom stereocenters. The molecule has 3 rings (SSSR count). The number of nitrogens with two attached hydrogens (primary N) is 1. The minimum Gasteiger partial charge on any atom is -0.328 e. The van der Waals surface area contributed by atoms with Crippen molar-refractivity contribution in [2.75, 3.05) is 13.1 Å². The monoisotopic (exact) mass is 264 g/mol. The number of aromatic amines is 1. The lowest BCUT2D eigenvalue weighted by Crippen LogP contribution is -2.39. The van der Waals surface area contributed by atoms with Crippen LogP contribution in [0.25, 0.3) is 10.2 Å². The van der Waals surface area contributed by atoms with Crippen molar-refractivity contribution in [3.05, 3.63) is 27.6 Å². The molecule has 1 aliphatic heterocycles. The third-order valence-electron chi connectivity index (χ3n) is 3.37. The molecule has 0 amide bonds. The van der Waals surface area contributed by atoms with Crippen LogP contribution in [-0.2, 0) is 6.54 Å². The predicted octanol–water partition coefficient (Wildman–Crippen LogP) is 0.908. The van der Waals surface area contributed by atoms with E-state index in [1.165, 1.54) is 11.3 Å². The first-order valence-corrected chi connectivity index (χ1v) is 7.04. The Kier molecular flexibility index (Phi) is 3.15. The molecule has 0 aromatic carbocycles.